The number of carbonyl (C=O) groups excluding carboxylic acids is 2. The van der Waals surface area contributed by atoms with Crippen molar-refractivity contribution in [3.05, 3.63) is 54.7 Å². The molecule has 38 heavy (non-hydrogen) atoms. The molecule has 1 saturated heterocycles. The third-order valence-corrected chi connectivity index (χ3v) is 9.49. The van der Waals surface area contributed by atoms with Crippen LogP contribution < -0.4 is 5.32 Å². The van der Waals surface area contributed by atoms with Crippen LogP contribution in [0.2, 0.25) is 10.0 Å². The predicted octanol–water partition coefficient (Wildman–Crippen LogP) is 6.01. The molecule has 0 spiro atoms. The molecular formula is C26H24Cl2F3N3O3S. The lowest BCUT2D eigenvalue weighted by Gasteiger charge is -2.29. The maximum Gasteiger partial charge on any atom is 0.435 e. The fourth-order valence-electron chi connectivity index (χ4n) is 5.67. The average Bonchev–Trinajstić information content (AvgIpc) is 3.30. The van der Waals surface area contributed by atoms with Crippen molar-refractivity contribution >= 4 is 52.1 Å². The van der Waals surface area contributed by atoms with Crippen molar-refractivity contribution in [1.29, 1.82) is 0 Å². The van der Waals surface area contributed by atoms with Crippen LogP contribution in [0.4, 0.5) is 13.2 Å². The Morgan fingerprint density at radius 1 is 1.11 bits per heavy atom. The van der Waals surface area contributed by atoms with E-state index in [1.54, 1.807) is 0 Å². The molecule has 6 rings (SSSR count). The number of fused-ring (bicyclic) bond motifs is 1. The lowest BCUT2D eigenvalue weighted by atomic mass is 9.85. The first-order chi connectivity index (χ1) is 18.1. The highest BCUT2D eigenvalue weighted by Crippen LogP contribution is 2.51. The summed E-state index contributed by atoms with van der Waals surface area (Å²) in [7, 11) is 0. The standard InChI is InChI=1S/C26H24Cl2F3N3O3S/c27-14-9-13(10-15(28)11-14)25(26(29,30)31)12-20(33-37-25)21-17-3-1-2-4-18(17)22(38-21)23(35)32-19-7-8-34(24(19)36)16-5-6-16/h9-11,16,19H,1-8,12H2,(H,32,35). The summed E-state index contributed by atoms with van der Waals surface area (Å²) in [5.74, 6) is -0.422. The molecule has 12 heteroatoms. The van der Waals surface area contributed by atoms with Crippen LogP contribution in [-0.4, -0.2) is 47.2 Å². The second kappa shape index (κ2) is 9.41. The van der Waals surface area contributed by atoms with Gasteiger partial charge < -0.3 is 15.1 Å². The minimum absolute atomic E-state index is 0.0577. The second-order valence-corrected chi connectivity index (χ2v) is 12.2. The van der Waals surface area contributed by atoms with Crippen molar-refractivity contribution < 1.29 is 27.6 Å². The van der Waals surface area contributed by atoms with E-state index in [0.717, 1.165) is 48.1 Å². The summed E-state index contributed by atoms with van der Waals surface area (Å²) in [6, 6.07) is 3.43. The topological polar surface area (TPSA) is 71.0 Å². The van der Waals surface area contributed by atoms with Gasteiger partial charge in [0.05, 0.1) is 16.2 Å². The van der Waals surface area contributed by atoms with Gasteiger partial charge in [0.2, 0.25) is 5.91 Å². The molecule has 0 bridgehead atoms. The number of rotatable bonds is 5. The Hall–Kier alpha value is -2.30. The van der Waals surface area contributed by atoms with Crippen molar-refractivity contribution in [2.24, 2.45) is 5.16 Å². The Labute approximate surface area is 231 Å². The maximum absolute atomic E-state index is 14.5. The normalized spacial score (nSPS) is 25.3. The van der Waals surface area contributed by atoms with E-state index >= 15 is 0 Å². The molecule has 2 aromatic rings. The molecule has 0 radical (unpaired) electrons. The molecule has 1 saturated carbocycles. The van der Waals surface area contributed by atoms with Gasteiger partial charge in [-0.05, 0) is 74.3 Å². The predicted molar refractivity (Wildman–Crippen MR) is 138 cm³/mol. The van der Waals surface area contributed by atoms with Crippen molar-refractivity contribution in [2.75, 3.05) is 6.54 Å². The van der Waals surface area contributed by atoms with Gasteiger partial charge >= 0.3 is 6.18 Å². The summed E-state index contributed by atoms with van der Waals surface area (Å²) in [5, 5.41) is 6.93. The largest absolute Gasteiger partial charge is 0.435 e. The molecule has 1 aromatic carbocycles. The smallest absolute Gasteiger partial charge is 0.374 e. The Morgan fingerprint density at radius 2 is 1.79 bits per heavy atom. The first kappa shape index (κ1) is 26.0. The molecule has 2 aliphatic carbocycles. The summed E-state index contributed by atoms with van der Waals surface area (Å²) in [4.78, 5) is 34.1. The third kappa shape index (κ3) is 4.38. The van der Waals surface area contributed by atoms with Gasteiger partial charge in [-0.3, -0.25) is 9.59 Å². The lowest BCUT2D eigenvalue weighted by Crippen LogP contribution is -2.42. The molecule has 2 fully saturated rings. The van der Waals surface area contributed by atoms with E-state index in [4.69, 9.17) is 28.0 Å². The van der Waals surface area contributed by atoms with Crippen LogP contribution in [-0.2, 0) is 28.1 Å². The first-order valence-electron chi connectivity index (χ1n) is 12.6. The molecular weight excluding hydrogens is 562 g/mol. The number of hydrogen-bond donors (Lipinski definition) is 1. The highest BCUT2D eigenvalue weighted by atomic mass is 35.5. The van der Waals surface area contributed by atoms with Gasteiger partial charge in [-0.2, -0.15) is 13.2 Å². The summed E-state index contributed by atoms with van der Waals surface area (Å²) < 4.78 is 43.5. The quantitative estimate of drug-likeness (QED) is 0.467. The van der Waals surface area contributed by atoms with Crippen molar-refractivity contribution in [3.8, 4) is 0 Å². The number of hydrogen-bond acceptors (Lipinski definition) is 5. The van der Waals surface area contributed by atoms with E-state index in [-0.39, 0.29) is 39.2 Å². The highest BCUT2D eigenvalue weighted by Gasteiger charge is 2.62. The van der Waals surface area contributed by atoms with Gasteiger partial charge in [-0.15, -0.1) is 11.3 Å². The number of halogens is 5. The van der Waals surface area contributed by atoms with Crippen molar-refractivity contribution in [1.82, 2.24) is 10.2 Å². The van der Waals surface area contributed by atoms with Crippen LogP contribution in [0.1, 0.15) is 69.8 Å². The van der Waals surface area contributed by atoms with E-state index in [1.165, 1.54) is 18.2 Å². The summed E-state index contributed by atoms with van der Waals surface area (Å²) in [6.45, 7) is 0.628. The molecule has 2 atom stereocenters. The monoisotopic (exact) mass is 585 g/mol. The summed E-state index contributed by atoms with van der Waals surface area (Å²) in [6.07, 6.45) is 0.183. The van der Waals surface area contributed by atoms with Gasteiger partial charge in [-0.1, -0.05) is 28.4 Å². The number of nitrogens with one attached hydrogen (secondary N) is 1. The van der Waals surface area contributed by atoms with Gasteiger partial charge in [0, 0.05) is 28.2 Å². The fraction of sp³-hybridized carbons (Fsp3) is 0.500. The molecule has 1 N–H and O–H groups in total. The molecule has 202 valence electrons. The number of thiophene rings is 1. The molecule has 3 heterocycles. The number of amides is 2. The van der Waals surface area contributed by atoms with Crippen molar-refractivity contribution in [3.63, 3.8) is 0 Å². The van der Waals surface area contributed by atoms with E-state index in [0.29, 0.717) is 35.6 Å². The molecule has 6 nitrogen and oxygen atoms in total. The number of carbonyl (C=O) groups is 2. The van der Waals surface area contributed by atoms with Crippen LogP contribution >= 0.6 is 34.5 Å². The minimum Gasteiger partial charge on any atom is -0.374 e. The average molecular weight is 586 g/mol. The van der Waals surface area contributed by atoms with Gasteiger partial charge in [-0.25, -0.2) is 0 Å². The number of likely N-dealkylation sites (tertiary alicyclic amines) is 1. The molecule has 2 unspecified atom stereocenters. The Kier molecular flexibility index (Phi) is 6.43. The number of oxime groups is 1. The van der Waals surface area contributed by atoms with Gasteiger partial charge in [0.1, 0.15) is 11.8 Å². The van der Waals surface area contributed by atoms with Crippen LogP contribution in [0.3, 0.4) is 0 Å². The van der Waals surface area contributed by atoms with E-state index in [2.05, 4.69) is 10.5 Å². The van der Waals surface area contributed by atoms with E-state index in [9.17, 15) is 22.8 Å². The van der Waals surface area contributed by atoms with Gasteiger partial charge in [0.25, 0.3) is 11.5 Å². The Bertz CT molecular complexity index is 1340. The maximum atomic E-state index is 14.5. The zero-order valence-electron chi connectivity index (χ0n) is 20.2. The Morgan fingerprint density at radius 3 is 2.45 bits per heavy atom. The molecule has 2 aliphatic heterocycles. The van der Waals surface area contributed by atoms with Crippen LogP contribution in [0.5, 0.6) is 0 Å². The molecule has 1 aromatic heterocycles. The van der Waals surface area contributed by atoms with E-state index in [1.807, 2.05) is 4.90 Å². The number of benzene rings is 1. The minimum atomic E-state index is -4.81. The molecule has 4 aliphatic rings. The number of alkyl halides is 3. The van der Waals surface area contributed by atoms with Crippen LogP contribution in [0.25, 0.3) is 0 Å². The van der Waals surface area contributed by atoms with Crippen molar-refractivity contribution in [2.45, 2.75) is 75.2 Å². The lowest BCUT2D eigenvalue weighted by molar-refractivity contribution is -0.275. The van der Waals surface area contributed by atoms with Crippen LogP contribution in [0.15, 0.2) is 23.4 Å². The zero-order chi connectivity index (χ0) is 26.8. The third-order valence-electron chi connectivity index (χ3n) is 7.74. The second-order valence-electron chi connectivity index (χ2n) is 10.3. The summed E-state index contributed by atoms with van der Waals surface area (Å²) >= 11 is 13.2. The highest BCUT2D eigenvalue weighted by molar-refractivity contribution is 7.16. The SMILES string of the molecule is O=C(NC1CCN(C2CC2)C1=O)c1sc(C2=NOC(c3cc(Cl)cc(Cl)c3)(C(F)(F)F)C2)c2c1CCCC2. The van der Waals surface area contributed by atoms with Gasteiger partial charge in [0.15, 0.2) is 0 Å². The first-order valence-corrected chi connectivity index (χ1v) is 14.2. The fourth-order valence-corrected chi connectivity index (χ4v) is 7.48. The molecule has 2 amide bonds. The van der Waals surface area contributed by atoms with Crippen LogP contribution in [0, 0.1) is 0 Å². The zero-order valence-corrected chi connectivity index (χ0v) is 22.5. The number of nitrogens with zero attached hydrogens (tertiary/aromatic N) is 2. The summed E-state index contributed by atoms with van der Waals surface area (Å²) in [5.41, 5.74) is -1.17. The van der Waals surface area contributed by atoms with E-state index < -0.39 is 24.2 Å². The Balaban J connectivity index is 1.30.